The zero-order valence-corrected chi connectivity index (χ0v) is 14.0. The van der Waals surface area contributed by atoms with E-state index in [4.69, 9.17) is 19.0 Å². The van der Waals surface area contributed by atoms with Crippen LogP contribution in [0.5, 0.6) is 0 Å². The Hall–Kier alpha value is -2.83. The molecule has 2 aromatic rings. The van der Waals surface area contributed by atoms with Crippen molar-refractivity contribution in [2.75, 3.05) is 6.79 Å². The van der Waals surface area contributed by atoms with Crippen molar-refractivity contribution < 1.29 is 19.0 Å². The summed E-state index contributed by atoms with van der Waals surface area (Å²) in [6.45, 7) is 0.815. The van der Waals surface area contributed by atoms with Gasteiger partial charge in [0.25, 0.3) is 0 Å². The monoisotopic (exact) mass is 350 g/mol. The Labute approximate surface area is 150 Å². The zero-order valence-electron chi connectivity index (χ0n) is 14.0. The lowest BCUT2D eigenvalue weighted by molar-refractivity contribution is 0.0630. The van der Waals surface area contributed by atoms with E-state index < -0.39 is 0 Å². The zero-order chi connectivity index (χ0) is 17.5. The van der Waals surface area contributed by atoms with Crippen LogP contribution >= 0.6 is 0 Å². The van der Waals surface area contributed by atoms with Gasteiger partial charge in [0.05, 0.1) is 12.6 Å². The lowest BCUT2D eigenvalue weighted by atomic mass is 9.93. The van der Waals surface area contributed by atoms with Crippen molar-refractivity contribution in [1.29, 1.82) is 0 Å². The lowest BCUT2D eigenvalue weighted by Gasteiger charge is -2.25. The van der Waals surface area contributed by atoms with E-state index in [-0.39, 0.29) is 25.5 Å². The highest BCUT2D eigenvalue weighted by Gasteiger charge is 2.39. The maximum absolute atomic E-state index is 9.29. The third-order valence-electron chi connectivity index (χ3n) is 4.79. The van der Waals surface area contributed by atoms with Crippen LogP contribution < -0.4 is 0 Å². The first-order valence-corrected chi connectivity index (χ1v) is 8.59. The number of nitrogens with zero attached hydrogens (tertiary/aromatic N) is 2. The summed E-state index contributed by atoms with van der Waals surface area (Å²) in [4.78, 5) is 0. The third kappa shape index (κ3) is 2.55. The van der Waals surface area contributed by atoms with E-state index in [9.17, 15) is 5.11 Å². The van der Waals surface area contributed by atoms with Gasteiger partial charge in [-0.3, -0.25) is 5.01 Å². The Morgan fingerprint density at radius 3 is 2.81 bits per heavy atom. The second-order valence-corrected chi connectivity index (χ2v) is 6.44. The fraction of sp³-hybridized carbons (Fsp3) is 0.250. The van der Waals surface area contributed by atoms with Gasteiger partial charge in [0.1, 0.15) is 29.9 Å². The number of hydrogen-bond donors (Lipinski definition) is 1. The molecule has 1 saturated heterocycles. The molecule has 1 aromatic heterocycles. The Balaban J connectivity index is 1.53. The van der Waals surface area contributed by atoms with Gasteiger partial charge >= 0.3 is 0 Å². The molecule has 0 amide bonds. The molecule has 132 valence electrons. The van der Waals surface area contributed by atoms with E-state index in [2.05, 4.69) is 24.3 Å². The largest absolute Gasteiger partial charge is 0.469 e. The first-order chi connectivity index (χ1) is 12.8. The molecule has 5 rings (SSSR count). The fourth-order valence-electron chi connectivity index (χ4n) is 3.52. The summed E-state index contributed by atoms with van der Waals surface area (Å²) >= 11 is 0. The quantitative estimate of drug-likeness (QED) is 0.918. The van der Waals surface area contributed by atoms with Gasteiger partial charge < -0.3 is 19.0 Å². The highest BCUT2D eigenvalue weighted by Crippen LogP contribution is 2.36. The Bertz CT molecular complexity index is 913. The molecule has 0 bridgehead atoms. The fourth-order valence-corrected chi connectivity index (χ4v) is 3.52. The van der Waals surface area contributed by atoms with Gasteiger partial charge in [-0.25, -0.2) is 0 Å². The van der Waals surface area contributed by atoms with Gasteiger partial charge in [-0.2, -0.15) is 5.10 Å². The molecule has 0 saturated carbocycles. The number of rotatable bonds is 4. The first-order valence-electron chi connectivity index (χ1n) is 8.59. The molecule has 2 aliphatic heterocycles. The number of hydrazone groups is 1. The second kappa shape index (κ2) is 6.16. The molecule has 2 atom stereocenters. The molecule has 1 aliphatic carbocycles. The van der Waals surface area contributed by atoms with Crippen molar-refractivity contribution in [2.45, 2.75) is 25.3 Å². The van der Waals surface area contributed by atoms with Crippen molar-refractivity contribution in [3.63, 3.8) is 0 Å². The van der Waals surface area contributed by atoms with Gasteiger partial charge in [-0.05, 0) is 29.8 Å². The first kappa shape index (κ1) is 15.4. The van der Waals surface area contributed by atoms with Crippen molar-refractivity contribution in [3.05, 3.63) is 83.0 Å². The van der Waals surface area contributed by atoms with Crippen LogP contribution in [-0.2, 0) is 22.6 Å². The molecule has 0 spiro atoms. The SMILES string of the molecule is OCc1ccc(C2=NN(Cc3ccccc3)C3C=C4OCOC4C=C23)o1. The highest BCUT2D eigenvalue weighted by molar-refractivity contribution is 6.13. The average Bonchev–Trinajstić information content (AvgIpc) is 3.39. The Kier molecular flexibility index (Phi) is 3.65. The number of aliphatic hydroxyl groups excluding tert-OH is 1. The van der Waals surface area contributed by atoms with E-state index in [0.29, 0.717) is 18.1 Å². The van der Waals surface area contributed by atoms with Gasteiger partial charge in [-0.1, -0.05) is 30.3 Å². The van der Waals surface area contributed by atoms with Crippen LogP contribution in [0, 0.1) is 0 Å². The smallest absolute Gasteiger partial charge is 0.189 e. The summed E-state index contributed by atoms with van der Waals surface area (Å²) in [5.74, 6) is 2.01. The van der Waals surface area contributed by atoms with Crippen molar-refractivity contribution >= 4 is 5.71 Å². The van der Waals surface area contributed by atoms with Gasteiger partial charge in [0.15, 0.2) is 12.6 Å². The van der Waals surface area contributed by atoms with Crippen LogP contribution in [0.3, 0.4) is 0 Å². The van der Waals surface area contributed by atoms with E-state index >= 15 is 0 Å². The molecule has 3 heterocycles. The Morgan fingerprint density at radius 2 is 2.00 bits per heavy atom. The molecule has 6 nitrogen and oxygen atoms in total. The standard InChI is InChI=1S/C20H18N2O4/c23-11-14-6-7-17(26-14)20-15-8-18-19(25-12-24-18)9-16(15)22(21-20)10-13-4-2-1-3-5-13/h1-9,16,18,23H,10-12H2. The molecular weight excluding hydrogens is 332 g/mol. The van der Waals surface area contributed by atoms with E-state index in [1.165, 1.54) is 5.56 Å². The van der Waals surface area contributed by atoms with Crippen LogP contribution in [0.2, 0.25) is 0 Å². The molecule has 2 unspecified atom stereocenters. The minimum Gasteiger partial charge on any atom is -0.469 e. The number of fused-ring (bicyclic) bond motifs is 2. The van der Waals surface area contributed by atoms with Crippen molar-refractivity contribution in [1.82, 2.24) is 5.01 Å². The molecule has 3 aliphatic rings. The third-order valence-corrected chi connectivity index (χ3v) is 4.79. The van der Waals surface area contributed by atoms with Crippen LogP contribution in [0.15, 0.2) is 75.5 Å². The topological polar surface area (TPSA) is 67.4 Å². The van der Waals surface area contributed by atoms with Crippen LogP contribution in [0.25, 0.3) is 0 Å². The minimum atomic E-state index is -0.171. The van der Waals surface area contributed by atoms with E-state index in [1.807, 2.05) is 29.3 Å². The summed E-state index contributed by atoms with van der Waals surface area (Å²) in [5.41, 5.74) is 2.99. The van der Waals surface area contributed by atoms with Crippen LogP contribution in [0.4, 0.5) is 0 Å². The summed E-state index contributed by atoms with van der Waals surface area (Å²) in [7, 11) is 0. The Morgan fingerprint density at radius 1 is 1.12 bits per heavy atom. The summed E-state index contributed by atoms with van der Waals surface area (Å²) in [5, 5.41) is 16.1. The summed E-state index contributed by atoms with van der Waals surface area (Å²) < 4.78 is 16.9. The molecule has 0 radical (unpaired) electrons. The van der Waals surface area contributed by atoms with E-state index in [0.717, 1.165) is 17.0 Å². The van der Waals surface area contributed by atoms with Gasteiger partial charge in [-0.15, -0.1) is 0 Å². The lowest BCUT2D eigenvalue weighted by Crippen LogP contribution is -2.30. The molecule has 6 heteroatoms. The second-order valence-electron chi connectivity index (χ2n) is 6.44. The number of aliphatic hydroxyl groups is 1. The molecule has 26 heavy (non-hydrogen) atoms. The van der Waals surface area contributed by atoms with Crippen LogP contribution in [-0.4, -0.2) is 34.8 Å². The molecular formula is C20H18N2O4. The summed E-state index contributed by atoms with van der Waals surface area (Å²) in [6, 6.07) is 13.8. The van der Waals surface area contributed by atoms with Gasteiger partial charge in [0.2, 0.25) is 0 Å². The maximum Gasteiger partial charge on any atom is 0.189 e. The highest BCUT2D eigenvalue weighted by atomic mass is 16.7. The number of ether oxygens (including phenoxy) is 2. The average molecular weight is 350 g/mol. The predicted molar refractivity (Wildman–Crippen MR) is 93.9 cm³/mol. The molecule has 1 aromatic carbocycles. The van der Waals surface area contributed by atoms with Crippen molar-refractivity contribution in [2.24, 2.45) is 5.10 Å². The molecule has 1 fully saturated rings. The summed E-state index contributed by atoms with van der Waals surface area (Å²) in [6.07, 6.45) is 3.95. The predicted octanol–water partition coefficient (Wildman–Crippen LogP) is 2.56. The maximum atomic E-state index is 9.29. The van der Waals surface area contributed by atoms with Crippen molar-refractivity contribution in [3.8, 4) is 0 Å². The molecule has 1 N–H and O–H groups in total. The van der Waals surface area contributed by atoms with E-state index in [1.54, 1.807) is 6.07 Å². The van der Waals surface area contributed by atoms with Crippen LogP contribution in [0.1, 0.15) is 17.1 Å². The number of furan rings is 1. The normalized spacial score (nSPS) is 23.7. The minimum absolute atomic E-state index is 0.0270. The number of hydrogen-bond acceptors (Lipinski definition) is 6. The number of benzene rings is 1. The van der Waals surface area contributed by atoms with Gasteiger partial charge in [0, 0.05) is 5.57 Å².